The molecule has 1 aromatic carbocycles. The Labute approximate surface area is 119 Å². The Morgan fingerprint density at radius 2 is 2.00 bits per heavy atom. The Morgan fingerprint density at radius 3 is 2.61 bits per heavy atom. The Kier molecular flexibility index (Phi) is 7.18. The summed E-state index contributed by atoms with van der Waals surface area (Å²) in [5.41, 5.74) is 1.17. The van der Waals surface area contributed by atoms with Crippen LogP contribution in [-0.2, 0) is 5.33 Å². The third-order valence-corrected chi connectivity index (χ3v) is 3.28. The number of halogens is 1. The van der Waals surface area contributed by atoms with E-state index in [-0.39, 0.29) is 6.10 Å². The second-order valence-corrected chi connectivity index (χ2v) is 5.03. The van der Waals surface area contributed by atoms with Crippen LogP contribution in [0.3, 0.4) is 0 Å². The van der Waals surface area contributed by atoms with Crippen LogP contribution in [0.2, 0.25) is 0 Å². The van der Waals surface area contributed by atoms with Crippen LogP contribution in [-0.4, -0.2) is 12.7 Å². The zero-order chi connectivity index (χ0) is 13.4. The summed E-state index contributed by atoms with van der Waals surface area (Å²) in [6, 6.07) is 6.07. The predicted octanol–water partition coefficient (Wildman–Crippen LogP) is 4.94. The van der Waals surface area contributed by atoms with Gasteiger partial charge in [0, 0.05) is 17.0 Å². The monoisotopic (exact) mass is 314 g/mol. The van der Waals surface area contributed by atoms with Gasteiger partial charge >= 0.3 is 0 Å². The molecule has 0 amide bonds. The molecule has 18 heavy (non-hydrogen) atoms. The van der Waals surface area contributed by atoms with E-state index >= 15 is 0 Å². The molecule has 1 aromatic rings. The number of hydrogen-bond donors (Lipinski definition) is 0. The SMILES string of the molecule is CCCOc1ccc(CBr)c(OC(C)CCC)c1. The molecular formula is C15H23BrO2. The Bertz CT molecular complexity index is 352. The van der Waals surface area contributed by atoms with Crippen molar-refractivity contribution in [1.82, 2.24) is 0 Å². The number of rotatable bonds is 8. The molecule has 0 aliphatic heterocycles. The van der Waals surface area contributed by atoms with Gasteiger partial charge in [-0.1, -0.05) is 42.3 Å². The molecule has 0 aliphatic carbocycles. The van der Waals surface area contributed by atoms with Crippen molar-refractivity contribution in [3.05, 3.63) is 23.8 Å². The second-order valence-electron chi connectivity index (χ2n) is 4.47. The lowest BCUT2D eigenvalue weighted by molar-refractivity contribution is 0.207. The van der Waals surface area contributed by atoms with Gasteiger partial charge in [-0.2, -0.15) is 0 Å². The summed E-state index contributed by atoms with van der Waals surface area (Å²) < 4.78 is 11.6. The highest BCUT2D eigenvalue weighted by atomic mass is 79.9. The molecule has 0 aliphatic rings. The van der Waals surface area contributed by atoms with Crippen molar-refractivity contribution in [3.63, 3.8) is 0 Å². The van der Waals surface area contributed by atoms with Crippen LogP contribution in [0.4, 0.5) is 0 Å². The Hall–Kier alpha value is -0.700. The number of ether oxygens (including phenoxy) is 2. The van der Waals surface area contributed by atoms with Gasteiger partial charge in [0.15, 0.2) is 0 Å². The van der Waals surface area contributed by atoms with E-state index in [4.69, 9.17) is 9.47 Å². The van der Waals surface area contributed by atoms with Gasteiger partial charge in [-0.25, -0.2) is 0 Å². The fourth-order valence-corrected chi connectivity index (χ4v) is 2.21. The highest BCUT2D eigenvalue weighted by Crippen LogP contribution is 2.28. The first-order valence-corrected chi connectivity index (χ1v) is 7.81. The Balaban J connectivity index is 2.77. The highest BCUT2D eigenvalue weighted by Gasteiger charge is 2.09. The van der Waals surface area contributed by atoms with Crippen LogP contribution < -0.4 is 9.47 Å². The maximum Gasteiger partial charge on any atom is 0.127 e. The predicted molar refractivity (Wildman–Crippen MR) is 79.9 cm³/mol. The fourth-order valence-electron chi connectivity index (χ4n) is 1.75. The smallest absolute Gasteiger partial charge is 0.127 e. The number of alkyl halides is 1. The molecule has 1 rings (SSSR count). The topological polar surface area (TPSA) is 18.5 Å². The number of benzene rings is 1. The maximum atomic E-state index is 5.99. The van der Waals surface area contributed by atoms with E-state index in [0.29, 0.717) is 0 Å². The molecule has 0 N–H and O–H groups in total. The lowest BCUT2D eigenvalue weighted by Gasteiger charge is -2.17. The van der Waals surface area contributed by atoms with Crippen molar-refractivity contribution in [2.45, 2.75) is 51.5 Å². The van der Waals surface area contributed by atoms with Gasteiger partial charge in [-0.15, -0.1) is 0 Å². The molecule has 0 heterocycles. The first-order valence-electron chi connectivity index (χ1n) is 6.69. The summed E-state index contributed by atoms with van der Waals surface area (Å²) in [6.45, 7) is 7.14. The third kappa shape index (κ3) is 4.89. The van der Waals surface area contributed by atoms with Gasteiger partial charge in [0.25, 0.3) is 0 Å². The van der Waals surface area contributed by atoms with E-state index in [1.54, 1.807) is 0 Å². The highest BCUT2D eigenvalue weighted by molar-refractivity contribution is 9.08. The molecule has 0 bridgehead atoms. The van der Waals surface area contributed by atoms with Gasteiger partial charge in [-0.05, 0) is 25.8 Å². The molecule has 0 spiro atoms. The van der Waals surface area contributed by atoms with Crippen molar-refractivity contribution < 1.29 is 9.47 Å². The summed E-state index contributed by atoms with van der Waals surface area (Å²) in [7, 11) is 0. The minimum absolute atomic E-state index is 0.245. The molecule has 2 nitrogen and oxygen atoms in total. The van der Waals surface area contributed by atoms with Crippen LogP contribution in [0.15, 0.2) is 18.2 Å². The molecular weight excluding hydrogens is 292 g/mol. The van der Waals surface area contributed by atoms with Gasteiger partial charge < -0.3 is 9.47 Å². The average molecular weight is 315 g/mol. The van der Waals surface area contributed by atoms with Gasteiger partial charge in [0.05, 0.1) is 12.7 Å². The quantitative estimate of drug-likeness (QED) is 0.633. The lowest BCUT2D eigenvalue weighted by Crippen LogP contribution is -2.12. The molecule has 0 aromatic heterocycles. The van der Waals surface area contributed by atoms with Gasteiger partial charge in [0.2, 0.25) is 0 Å². The van der Waals surface area contributed by atoms with E-state index in [1.807, 2.05) is 12.1 Å². The van der Waals surface area contributed by atoms with Crippen molar-refractivity contribution >= 4 is 15.9 Å². The summed E-state index contributed by atoms with van der Waals surface area (Å²) in [5, 5.41) is 0.801. The standard InChI is InChI=1S/C15H23BrO2/c1-4-6-12(3)18-15-10-14(17-9-5-2)8-7-13(15)11-16/h7-8,10,12H,4-6,9,11H2,1-3H3. The average Bonchev–Trinajstić information content (AvgIpc) is 2.37. The van der Waals surface area contributed by atoms with Crippen molar-refractivity contribution in [3.8, 4) is 11.5 Å². The third-order valence-electron chi connectivity index (χ3n) is 2.68. The van der Waals surface area contributed by atoms with E-state index in [2.05, 4.69) is 42.8 Å². The zero-order valence-electron chi connectivity index (χ0n) is 11.5. The van der Waals surface area contributed by atoms with E-state index in [9.17, 15) is 0 Å². The van der Waals surface area contributed by atoms with Crippen molar-refractivity contribution in [2.75, 3.05) is 6.61 Å². The van der Waals surface area contributed by atoms with Crippen molar-refractivity contribution in [2.24, 2.45) is 0 Å². The largest absolute Gasteiger partial charge is 0.493 e. The molecule has 1 unspecified atom stereocenters. The van der Waals surface area contributed by atoms with E-state index in [1.165, 1.54) is 5.56 Å². The molecule has 0 radical (unpaired) electrons. The molecule has 0 saturated carbocycles. The first kappa shape index (κ1) is 15.4. The molecule has 102 valence electrons. The van der Waals surface area contributed by atoms with Gasteiger partial charge in [-0.3, -0.25) is 0 Å². The molecule has 1 atom stereocenters. The summed E-state index contributed by atoms with van der Waals surface area (Å²) in [5.74, 6) is 1.82. The molecule has 3 heteroatoms. The maximum absolute atomic E-state index is 5.99. The zero-order valence-corrected chi connectivity index (χ0v) is 13.1. The van der Waals surface area contributed by atoms with Crippen LogP contribution in [0.1, 0.15) is 45.6 Å². The molecule has 0 saturated heterocycles. The summed E-state index contributed by atoms with van der Waals surface area (Å²) in [4.78, 5) is 0. The van der Waals surface area contributed by atoms with Crippen LogP contribution >= 0.6 is 15.9 Å². The normalized spacial score (nSPS) is 12.2. The van der Waals surface area contributed by atoms with Gasteiger partial charge in [0.1, 0.15) is 11.5 Å². The van der Waals surface area contributed by atoms with E-state index < -0.39 is 0 Å². The minimum atomic E-state index is 0.245. The van der Waals surface area contributed by atoms with Crippen LogP contribution in [0.5, 0.6) is 11.5 Å². The molecule has 0 fully saturated rings. The van der Waals surface area contributed by atoms with Crippen molar-refractivity contribution in [1.29, 1.82) is 0 Å². The van der Waals surface area contributed by atoms with E-state index in [0.717, 1.165) is 42.7 Å². The van der Waals surface area contributed by atoms with Crippen LogP contribution in [0.25, 0.3) is 0 Å². The first-order chi connectivity index (χ1) is 8.71. The lowest BCUT2D eigenvalue weighted by atomic mass is 10.2. The number of hydrogen-bond acceptors (Lipinski definition) is 2. The van der Waals surface area contributed by atoms with Crippen LogP contribution in [0, 0.1) is 0 Å². The fraction of sp³-hybridized carbons (Fsp3) is 0.600. The Morgan fingerprint density at radius 1 is 1.22 bits per heavy atom. The summed E-state index contributed by atoms with van der Waals surface area (Å²) >= 11 is 3.49. The minimum Gasteiger partial charge on any atom is -0.493 e. The second kappa shape index (κ2) is 8.41. The summed E-state index contributed by atoms with van der Waals surface area (Å²) in [6.07, 6.45) is 3.47.